The van der Waals surface area contributed by atoms with Gasteiger partial charge in [0.25, 0.3) is 5.91 Å². The van der Waals surface area contributed by atoms with E-state index < -0.39 is 5.97 Å². The SMILES string of the molecule is Cc1ccc(-c2ccc(/C=N\NC(=O)c3cccc(N(C)C)c3)o2)cc1C(=O)O. The molecule has 0 saturated heterocycles. The lowest BCUT2D eigenvalue weighted by Gasteiger charge is -2.12. The van der Waals surface area contributed by atoms with Crippen LogP contribution in [-0.2, 0) is 0 Å². The van der Waals surface area contributed by atoms with Gasteiger partial charge in [0, 0.05) is 30.9 Å². The minimum Gasteiger partial charge on any atom is -0.478 e. The van der Waals surface area contributed by atoms with Gasteiger partial charge in [-0.05, 0) is 48.9 Å². The van der Waals surface area contributed by atoms with Gasteiger partial charge in [0.15, 0.2) is 0 Å². The van der Waals surface area contributed by atoms with Crippen LogP contribution in [0.25, 0.3) is 11.3 Å². The van der Waals surface area contributed by atoms with Gasteiger partial charge in [-0.3, -0.25) is 4.79 Å². The average Bonchev–Trinajstić information content (AvgIpc) is 3.17. The van der Waals surface area contributed by atoms with Crippen molar-refractivity contribution in [2.75, 3.05) is 19.0 Å². The van der Waals surface area contributed by atoms with Gasteiger partial charge in [0.05, 0.1) is 11.8 Å². The van der Waals surface area contributed by atoms with E-state index in [1.165, 1.54) is 6.21 Å². The van der Waals surface area contributed by atoms with E-state index in [2.05, 4.69) is 10.5 Å². The van der Waals surface area contributed by atoms with Gasteiger partial charge in [-0.25, -0.2) is 10.2 Å². The molecule has 1 aromatic heterocycles. The maximum absolute atomic E-state index is 12.2. The molecule has 0 unspecified atom stereocenters. The van der Waals surface area contributed by atoms with E-state index in [0.717, 1.165) is 5.69 Å². The zero-order chi connectivity index (χ0) is 21.0. The number of anilines is 1. The van der Waals surface area contributed by atoms with E-state index in [-0.39, 0.29) is 11.5 Å². The number of rotatable bonds is 6. The van der Waals surface area contributed by atoms with E-state index in [9.17, 15) is 14.7 Å². The molecule has 0 radical (unpaired) electrons. The maximum Gasteiger partial charge on any atom is 0.335 e. The first-order valence-corrected chi connectivity index (χ1v) is 8.90. The lowest BCUT2D eigenvalue weighted by Crippen LogP contribution is -2.18. The first kappa shape index (κ1) is 19.9. The van der Waals surface area contributed by atoms with E-state index >= 15 is 0 Å². The second-order valence-corrected chi connectivity index (χ2v) is 6.68. The molecular formula is C22H21N3O4. The first-order valence-electron chi connectivity index (χ1n) is 8.90. The van der Waals surface area contributed by atoms with Crippen molar-refractivity contribution in [1.82, 2.24) is 5.43 Å². The Hall–Kier alpha value is -3.87. The number of carboxylic acid groups (broad SMARTS) is 1. The lowest BCUT2D eigenvalue weighted by atomic mass is 10.0. The van der Waals surface area contributed by atoms with Crippen molar-refractivity contribution >= 4 is 23.8 Å². The highest BCUT2D eigenvalue weighted by Gasteiger charge is 2.11. The zero-order valence-corrected chi connectivity index (χ0v) is 16.3. The fraction of sp³-hybridized carbons (Fsp3) is 0.136. The Morgan fingerprint density at radius 2 is 1.90 bits per heavy atom. The van der Waals surface area contributed by atoms with Crippen molar-refractivity contribution in [1.29, 1.82) is 0 Å². The second-order valence-electron chi connectivity index (χ2n) is 6.68. The number of furan rings is 1. The number of aryl methyl sites for hydroxylation is 1. The van der Waals surface area contributed by atoms with Crippen LogP contribution < -0.4 is 10.3 Å². The quantitative estimate of drug-likeness (QED) is 0.492. The van der Waals surface area contributed by atoms with Crippen molar-refractivity contribution in [3.05, 3.63) is 77.0 Å². The van der Waals surface area contributed by atoms with Gasteiger partial charge in [-0.15, -0.1) is 0 Å². The summed E-state index contributed by atoms with van der Waals surface area (Å²) >= 11 is 0. The molecule has 7 nitrogen and oxygen atoms in total. The third kappa shape index (κ3) is 4.70. The summed E-state index contributed by atoms with van der Waals surface area (Å²) < 4.78 is 5.68. The number of carboxylic acids is 1. The topological polar surface area (TPSA) is 95.1 Å². The summed E-state index contributed by atoms with van der Waals surface area (Å²) in [6.07, 6.45) is 1.39. The van der Waals surface area contributed by atoms with Crippen molar-refractivity contribution in [2.24, 2.45) is 5.10 Å². The second kappa shape index (κ2) is 8.43. The van der Waals surface area contributed by atoms with Gasteiger partial charge >= 0.3 is 5.97 Å². The molecular weight excluding hydrogens is 370 g/mol. The van der Waals surface area contributed by atoms with Crippen molar-refractivity contribution in [3.63, 3.8) is 0 Å². The fourth-order valence-corrected chi connectivity index (χ4v) is 2.73. The Morgan fingerprint density at radius 3 is 2.62 bits per heavy atom. The highest BCUT2D eigenvalue weighted by molar-refractivity contribution is 5.95. The summed E-state index contributed by atoms with van der Waals surface area (Å²) in [7, 11) is 3.80. The molecule has 29 heavy (non-hydrogen) atoms. The highest BCUT2D eigenvalue weighted by Crippen LogP contribution is 2.24. The van der Waals surface area contributed by atoms with Crippen molar-refractivity contribution < 1.29 is 19.1 Å². The molecule has 3 aromatic rings. The van der Waals surface area contributed by atoms with E-state index in [4.69, 9.17) is 4.42 Å². The molecule has 1 heterocycles. The summed E-state index contributed by atoms with van der Waals surface area (Å²) in [5.41, 5.74) is 5.43. The molecule has 0 spiro atoms. The first-order chi connectivity index (χ1) is 13.8. The Bertz CT molecular complexity index is 1080. The van der Waals surface area contributed by atoms with Crippen LogP contribution >= 0.6 is 0 Å². The van der Waals surface area contributed by atoms with Crippen molar-refractivity contribution in [3.8, 4) is 11.3 Å². The maximum atomic E-state index is 12.2. The molecule has 0 aliphatic heterocycles. The van der Waals surface area contributed by atoms with E-state index in [1.807, 2.05) is 25.1 Å². The fourth-order valence-electron chi connectivity index (χ4n) is 2.73. The van der Waals surface area contributed by atoms with Gasteiger partial charge in [0.1, 0.15) is 11.5 Å². The number of amides is 1. The van der Waals surface area contributed by atoms with Gasteiger partial charge in [-0.1, -0.05) is 18.2 Å². The lowest BCUT2D eigenvalue weighted by molar-refractivity contribution is 0.0696. The highest BCUT2D eigenvalue weighted by atomic mass is 16.4. The Balaban J connectivity index is 1.70. The number of carbonyl (C=O) groups is 2. The van der Waals surface area contributed by atoms with Crippen LogP contribution in [0.5, 0.6) is 0 Å². The molecule has 1 amide bonds. The predicted molar refractivity (Wildman–Crippen MR) is 112 cm³/mol. The monoisotopic (exact) mass is 391 g/mol. The van der Waals surface area contributed by atoms with E-state index in [1.54, 1.807) is 55.5 Å². The minimum absolute atomic E-state index is 0.223. The average molecular weight is 391 g/mol. The normalized spacial score (nSPS) is 10.9. The predicted octanol–water partition coefficient (Wildman–Crippen LogP) is 3.78. The molecule has 0 aliphatic carbocycles. The summed E-state index contributed by atoms with van der Waals surface area (Å²) in [4.78, 5) is 25.4. The Kier molecular flexibility index (Phi) is 5.78. The van der Waals surface area contributed by atoms with Crippen LogP contribution in [0, 0.1) is 6.92 Å². The third-order valence-corrected chi connectivity index (χ3v) is 4.36. The number of nitrogens with zero attached hydrogens (tertiary/aromatic N) is 2. The third-order valence-electron chi connectivity index (χ3n) is 4.36. The van der Waals surface area contributed by atoms with Gasteiger partial charge < -0.3 is 14.4 Å². The standard InChI is InChI=1S/C22H21N3O4/c1-14-7-8-15(12-19(14)22(27)28)20-10-9-18(29-20)13-23-24-21(26)16-5-4-6-17(11-16)25(2)3/h4-13H,1-3H3,(H,24,26)(H,27,28)/b23-13-. The minimum atomic E-state index is -0.987. The number of aromatic carboxylic acids is 1. The number of hydrazone groups is 1. The van der Waals surface area contributed by atoms with Crippen LogP contribution in [0.4, 0.5) is 5.69 Å². The van der Waals surface area contributed by atoms with Crippen molar-refractivity contribution in [2.45, 2.75) is 6.92 Å². The number of nitrogens with one attached hydrogen (secondary N) is 1. The largest absolute Gasteiger partial charge is 0.478 e. The summed E-state index contributed by atoms with van der Waals surface area (Å²) in [5.74, 6) is -0.376. The van der Waals surface area contributed by atoms with Crippen LogP contribution in [0.2, 0.25) is 0 Å². The molecule has 0 atom stereocenters. The number of benzene rings is 2. The van der Waals surface area contributed by atoms with Crippen LogP contribution in [0.15, 0.2) is 64.1 Å². The van der Waals surface area contributed by atoms with E-state index in [0.29, 0.717) is 28.2 Å². The molecule has 0 aliphatic rings. The summed E-state index contributed by atoms with van der Waals surface area (Å²) in [5, 5.41) is 13.2. The Morgan fingerprint density at radius 1 is 1.10 bits per heavy atom. The molecule has 0 saturated carbocycles. The molecule has 7 heteroatoms. The molecule has 2 N–H and O–H groups in total. The summed E-state index contributed by atoms with van der Waals surface area (Å²) in [6, 6.07) is 15.7. The van der Waals surface area contributed by atoms with Gasteiger partial charge in [0.2, 0.25) is 0 Å². The zero-order valence-electron chi connectivity index (χ0n) is 16.3. The van der Waals surface area contributed by atoms with Crippen LogP contribution in [-0.4, -0.2) is 37.3 Å². The molecule has 3 rings (SSSR count). The Labute approximate surface area is 168 Å². The van der Waals surface area contributed by atoms with Crippen LogP contribution in [0.3, 0.4) is 0 Å². The molecule has 0 bridgehead atoms. The number of hydrogen-bond acceptors (Lipinski definition) is 5. The number of hydrogen-bond donors (Lipinski definition) is 2. The summed E-state index contributed by atoms with van der Waals surface area (Å²) in [6.45, 7) is 1.74. The molecule has 148 valence electrons. The molecule has 2 aromatic carbocycles. The van der Waals surface area contributed by atoms with Gasteiger partial charge in [-0.2, -0.15) is 5.10 Å². The van der Waals surface area contributed by atoms with Crippen LogP contribution in [0.1, 0.15) is 32.0 Å². The number of carbonyl (C=O) groups excluding carboxylic acids is 1. The molecule has 0 fully saturated rings. The smallest absolute Gasteiger partial charge is 0.335 e.